The van der Waals surface area contributed by atoms with Crippen molar-refractivity contribution in [3.63, 3.8) is 0 Å². The summed E-state index contributed by atoms with van der Waals surface area (Å²) in [5, 5.41) is 0. The Morgan fingerprint density at radius 2 is 0.471 bits per heavy atom. The number of anilines is 5. The summed E-state index contributed by atoms with van der Waals surface area (Å²) >= 11 is 0. The van der Waals surface area contributed by atoms with E-state index >= 15 is 13.2 Å². The predicted molar refractivity (Wildman–Crippen MR) is 558 cm³/mol. The Hall–Kier alpha value is -13.5. The van der Waals surface area contributed by atoms with Gasteiger partial charge >= 0.3 is 0 Å². The molecule has 136 heavy (non-hydrogen) atoms. The molecule has 0 aliphatic carbocycles. The van der Waals surface area contributed by atoms with E-state index in [-0.39, 0.29) is 72.4 Å². The van der Waals surface area contributed by atoms with E-state index in [2.05, 4.69) is 269 Å². The van der Waals surface area contributed by atoms with E-state index in [4.69, 9.17) is 0 Å². The lowest BCUT2D eigenvalue weighted by molar-refractivity contribution is 0.380. The summed E-state index contributed by atoms with van der Waals surface area (Å²) in [6.45, 7) is 48.4. The van der Waals surface area contributed by atoms with Gasteiger partial charge in [-0.25, -0.2) is 0 Å². The highest BCUT2D eigenvalue weighted by Gasteiger charge is 2.36. The average Bonchev–Trinajstić information content (AvgIpc) is 1.59. The van der Waals surface area contributed by atoms with Crippen molar-refractivity contribution in [1.82, 2.24) is 47.3 Å². The van der Waals surface area contributed by atoms with E-state index in [0.717, 1.165) is 135 Å². The summed E-state index contributed by atoms with van der Waals surface area (Å²) in [5.41, 5.74) is 25.0. The van der Waals surface area contributed by atoms with Gasteiger partial charge in [0.25, 0.3) is 0 Å². The van der Waals surface area contributed by atoms with Crippen LogP contribution in [0.15, 0.2) is 268 Å². The fourth-order valence-electron chi connectivity index (χ4n) is 19.5. The van der Waals surface area contributed by atoms with Gasteiger partial charge in [-0.1, -0.05) is 233 Å². The number of hydrogen-bond acceptors (Lipinski definition) is 10. The van der Waals surface area contributed by atoms with Crippen LogP contribution in [0.3, 0.4) is 0 Å². The number of aryl methyl sites for hydroxylation is 8. The van der Waals surface area contributed by atoms with Gasteiger partial charge in [0.05, 0.1) is 28.4 Å². The number of nitrogens with zero attached hydrogens (tertiary/aromatic N) is 15. The molecular formula is C116H138F5N15. The quantitative estimate of drug-likeness (QED) is 0.0777. The second-order valence-electron chi connectivity index (χ2n) is 38.7. The Morgan fingerprint density at radius 3 is 0.772 bits per heavy atom. The zero-order valence-corrected chi connectivity index (χ0v) is 84.8. The third-order valence-corrected chi connectivity index (χ3v) is 27.5. The molecule has 0 saturated heterocycles. The van der Waals surface area contributed by atoms with Crippen LogP contribution in [0, 0.1) is 85.1 Å². The number of aromatic nitrogens is 5. The molecule has 5 aliphatic rings. The Labute approximate surface area is 805 Å². The summed E-state index contributed by atoms with van der Waals surface area (Å²) in [6, 6.07) is 68.3. The van der Waals surface area contributed by atoms with Crippen molar-refractivity contribution in [2.45, 2.75) is 220 Å². The minimum absolute atomic E-state index is 0.0887. The first-order chi connectivity index (χ1) is 64.7. The molecular weight excluding hydrogens is 1700 g/mol. The number of para-hydroxylation sites is 3. The normalized spacial score (nSPS) is 16.7. The Balaban J connectivity index is 0.000000137. The maximum Gasteiger partial charge on any atom is 0.200 e. The molecule has 0 radical (unpaired) electrons. The highest BCUT2D eigenvalue weighted by molar-refractivity contribution is 5.87. The third-order valence-electron chi connectivity index (χ3n) is 27.5. The summed E-state index contributed by atoms with van der Waals surface area (Å²) < 4.78 is 85.1. The van der Waals surface area contributed by atoms with Crippen LogP contribution in [0.4, 0.5) is 51.0 Å². The van der Waals surface area contributed by atoms with Crippen LogP contribution < -0.4 is 24.5 Å². The minimum Gasteiger partial charge on any atom is -0.359 e. The minimum atomic E-state index is -0.270. The first-order valence-corrected chi connectivity index (χ1v) is 47.8. The van der Waals surface area contributed by atoms with E-state index in [0.29, 0.717) is 17.8 Å². The predicted octanol–water partition coefficient (Wildman–Crippen LogP) is 29.0. The van der Waals surface area contributed by atoms with Crippen molar-refractivity contribution in [1.29, 1.82) is 0 Å². The number of halogens is 5. The first-order valence-electron chi connectivity index (χ1n) is 47.8. The summed E-state index contributed by atoms with van der Waals surface area (Å²) in [7, 11) is 10.2. The molecule has 5 aromatic heterocycles. The Kier molecular flexibility index (Phi) is 29.7. The lowest BCUT2D eigenvalue weighted by atomic mass is 9.88. The molecule has 0 bridgehead atoms. The van der Waals surface area contributed by atoms with E-state index in [9.17, 15) is 8.78 Å². The summed E-state index contributed by atoms with van der Waals surface area (Å²) in [4.78, 5) is 21.3. The molecule has 5 atom stereocenters. The molecule has 20 heteroatoms. The number of rotatable bonds is 18. The number of hydrogen-bond donors (Lipinski definition) is 0. The number of benzene rings is 8. The zero-order chi connectivity index (χ0) is 98.2. The van der Waals surface area contributed by atoms with Crippen molar-refractivity contribution in [3.05, 3.63) is 370 Å². The molecule has 712 valence electrons. The fourth-order valence-corrected chi connectivity index (χ4v) is 19.5. The maximum absolute atomic E-state index is 15.7. The van der Waals surface area contributed by atoms with Crippen molar-refractivity contribution >= 4 is 29.1 Å². The molecule has 15 nitrogen and oxygen atoms in total. The van der Waals surface area contributed by atoms with Crippen LogP contribution >= 0.6 is 0 Å². The molecule has 0 saturated carbocycles. The van der Waals surface area contributed by atoms with Gasteiger partial charge in [0.1, 0.15) is 59.9 Å². The van der Waals surface area contributed by atoms with Crippen LogP contribution in [-0.2, 0) is 0 Å². The van der Waals surface area contributed by atoms with Crippen molar-refractivity contribution in [2.75, 3.05) is 59.7 Å². The molecule has 8 aromatic carbocycles. The highest BCUT2D eigenvalue weighted by Crippen LogP contribution is 2.47. The van der Waals surface area contributed by atoms with Crippen molar-refractivity contribution < 1.29 is 22.0 Å². The zero-order valence-electron chi connectivity index (χ0n) is 84.8. The van der Waals surface area contributed by atoms with Gasteiger partial charge in [-0.2, -0.15) is 22.0 Å². The fraction of sp³-hybridized carbons (Fsp3) is 0.328. The van der Waals surface area contributed by atoms with Crippen LogP contribution in [0.2, 0.25) is 0 Å². The summed E-state index contributed by atoms with van der Waals surface area (Å²) in [6.07, 6.45) is 21.0. The van der Waals surface area contributed by atoms with E-state index in [1.54, 1.807) is 44.0 Å². The molecule has 13 aromatic rings. The average molecular weight is 1840 g/mol. The largest absolute Gasteiger partial charge is 0.359 e. The lowest BCUT2D eigenvalue weighted by Gasteiger charge is -2.31. The van der Waals surface area contributed by atoms with Crippen molar-refractivity contribution in [3.8, 4) is 61.8 Å². The van der Waals surface area contributed by atoms with Crippen LogP contribution in [0.25, 0.3) is 61.8 Å². The van der Waals surface area contributed by atoms with Crippen LogP contribution in [0.5, 0.6) is 0 Å². The molecule has 0 N–H and O–H groups in total. The van der Waals surface area contributed by atoms with Crippen LogP contribution in [-0.4, -0.2) is 113 Å². The maximum atomic E-state index is 15.7. The molecule has 0 amide bonds. The SMILES string of the molecule is Cc1cc(C)c(-n2c(F)cc(C)c2N2C=CN(C)[C@@H]2C)c(C)c1.Cc1cc(F)n(-c2c(-c3ccccc3)cccc2-c2ccccc2)c1N1C=CN(C)[C@@H]1C.Cc1cc(F)n(-c2c(C(C)C)cc(-c3ccccc3)cc2C(C)C)c1N1C=CN(C)[C@@H]1C.Cc1cc(F)n(-c2c(C(C)C)cccc2C(C)C)c1N1C=CN(C)[C@@H]1C.Cc1cc(F)n(-c2ccccc2C(C)C)c1N1C=CN(C)[C@@H]1C. The molecule has 5 aliphatic heterocycles. The van der Waals surface area contributed by atoms with E-state index in [1.165, 1.54) is 27.8 Å². The van der Waals surface area contributed by atoms with Gasteiger partial charge in [-0.15, -0.1) is 0 Å². The molecule has 10 heterocycles. The third kappa shape index (κ3) is 19.3. The van der Waals surface area contributed by atoms with Gasteiger partial charge in [-0.3, -0.25) is 22.8 Å². The molecule has 18 rings (SSSR count). The molecule has 0 unspecified atom stereocenters. The van der Waals surface area contributed by atoms with Gasteiger partial charge in [-0.05, 0) is 257 Å². The highest BCUT2D eigenvalue weighted by atomic mass is 19.1. The van der Waals surface area contributed by atoms with E-state index in [1.807, 2.05) is 222 Å². The monoisotopic (exact) mass is 1840 g/mol. The second kappa shape index (κ2) is 41.0. The Bertz CT molecular complexity index is 6450. The van der Waals surface area contributed by atoms with Crippen LogP contribution in [0.1, 0.15) is 206 Å². The topological polar surface area (TPSA) is 57.1 Å². The first kappa shape index (κ1) is 98.5. The molecule has 0 spiro atoms. The van der Waals surface area contributed by atoms with Gasteiger partial charge in [0.15, 0.2) is 29.7 Å². The van der Waals surface area contributed by atoms with Gasteiger partial charge < -0.3 is 49.0 Å². The summed E-state index contributed by atoms with van der Waals surface area (Å²) in [5.74, 6) is 4.74. The smallest absolute Gasteiger partial charge is 0.200 e. The standard InChI is InChI=1S/C28H26FN3.C28H34FN3.C22H30FN3.2C19H24FN3/c1-20-19-26(29)32(28(20)31-18-17-30(3)21(31)2)27-24(22-11-6-4-7-12-22)15-10-16-25(27)23-13-8-5-9-14-23;1-18(2)24-16-23(22-11-9-8-10-12-22)17-25(19(3)4)27(24)32-26(29)15-20(5)28(32)31-14-13-30(7)21(31)6;1-14(2)18-9-8-10-19(15(3)4)21(18)26-20(23)13-16(5)22(26)25-12-11-24(7)17(25)6;1-12-9-13(2)18(14(3)10-12)23-17(20)11-15(4)19(23)22-8-7-21(6)16(22)5;1-13(2)16-8-6-7-9-17(16)23-18(20)12-14(3)19(23)22-11-10-21(5)15(22)4/h4-19,21H,1-3H3;8-19,21H,1-7H3;8-15,17H,1-7H3;7-11,16H,1-6H3;6-13,15H,1-5H3/t2*21-;17-;16-;15-/m00000/s1. The van der Waals surface area contributed by atoms with E-state index < -0.39 is 0 Å². The van der Waals surface area contributed by atoms with Crippen molar-refractivity contribution in [2.24, 2.45) is 0 Å². The molecule has 0 fully saturated rings. The second-order valence-corrected chi connectivity index (χ2v) is 38.7. The van der Waals surface area contributed by atoms with Gasteiger partial charge in [0, 0.05) is 108 Å². The van der Waals surface area contributed by atoms with Gasteiger partial charge in [0.2, 0.25) is 0 Å². The Morgan fingerprint density at radius 1 is 0.221 bits per heavy atom. The lowest BCUT2D eigenvalue weighted by Crippen LogP contribution is -2.35.